The highest BCUT2D eigenvalue weighted by Gasteiger charge is 2.08. The standard InChI is InChI=1S/C19H29N5S/c1-15(2)14-24-11-10-21-18(24)13-23-19(20-4)22-12-16(3)25-17-8-6-5-7-9-17/h5-11,15-16H,12-14H2,1-4H3,(H2,20,22,23). The van der Waals surface area contributed by atoms with Gasteiger partial charge in [-0.3, -0.25) is 4.99 Å². The van der Waals surface area contributed by atoms with Crippen LogP contribution in [-0.2, 0) is 13.1 Å². The molecule has 1 unspecified atom stereocenters. The van der Waals surface area contributed by atoms with E-state index in [1.807, 2.05) is 30.2 Å². The number of nitrogens with one attached hydrogen (secondary N) is 2. The van der Waals surface area contributed by atoms with E-state index < -0.39 is 0 Å². The first-order chi connectivity index (χ1) is 12.1. The third-order valence-corrected chi connectivity index (χ3v) is 4.75. The summed E-state index contributed by atoms with van der Waals surface area (Å²) in [6.45, 7) is 9.13. The Morgan fingerprint density at radius 1 is 1.20 bits per heavy atom. The lowest BCUT2D eigenvalue weighted by Crippen LogP contribution is -2.40. The lowest BCUT2D eigenvalue weighted by Gasteiger charge is -2.16. The molecule has 0 spiro atoms. The minimum Gasteiger partial charge on any atom is -0.355 e. The van der Waals surface area contributed by atoms with Crippen molar-refractivity contribution in [2.45, 2.75) is 44.0 Å². The fraction of sp³-hybridized carbons (Fsp3) is 0.474. The number of benzene rings is 1. The zero-order chi connectivity index (χ0) is 18.1. The van der Waals surface area contributed by atoms with E-state index in [2.05, 4.69) is 70.2 Å². The van der Waals surface area contributed by atoms with E-state index >= 15 is 0 Å². The Labute approximate surface area is 155 Å². The van der Waals surface area contributed by atoms with Gasteiger partial charge in [0.2, 0.25) is 0 Å². The summed E-state index contributed by atoms with van der Waals surface area (Å²) in [4.78, 5) is 10.0. The fourth-order valence-corrected chi connectivity index (χ4v) is 3.41. The molecule has 136 valence electrons. The minimum absolute atomic E-state index is 0.448. The summed E-state index contributed by atoms with van der Waals surface area (Å²) < 4.78 is 2.19. The van der Waals surface area contributed by atoms with Crippen molar-refractivity contribution < 1.29 is 0 Å². The molecule has 2 N–H and O–H groups in total. The Morgan fingerprint density at radius 3 is 2.64 bits per heavy atom. The number of nitrogens with zero attached hydrogens (tertiary/aromatic N) is 3. The third-order valence-electron chi connectivity index (χ3n) is 3.64. The van der Waals surface area contributed by atoms with Gasteiger partial charge < -0.3 is 15.2 Å². The summed E-state index contributed by atoms with van der Waals surface area (Å²) in [7, 11) is 1.80. The molecule has 0 radical (unpaired) electrons. The Balaban J connectivity index is 1.78. The zero-order valence-corrected chi connectivity index (χ0v) is 16.4. The molecule has 0 fully saturated rings. The molecule has 0 saturated carbocycles. The predicted molar refractivity (Wildman–Crippen MR) is 107 cm³/mol. The molecule has 0 aliphatic rings. The van der Waals surface area contributed by atoms with Crippen LogP contribution in [0.25, 0.3) is 0 Å². The predicted octanol–water partition coefficient (Wildman–Crippen LogP) is 3.38. The molecule has 1 aromatic heterocycles. The van der Waals surface area contributed by atoms with Crippen LogP contribution < -0.4 is 10.6 Å². The molecular weight excluding hydrogens is 330 g/mol. The molecule has 0 bridgehead atoms. The number of rotatable bonds is 8. The second-order valence-electron chi connectivity index (χ2n) is 6.44. The third kappa shape index (κ3) is 6.82. The maximum absolute atomic E-state index is 4.44. The first-order valence-corrected chi connectivity index (χ1v) is 9.62. The van der Waals surface area contributed by atoms with Crippen molar-refractivity contribution in [3.05, 3.63) is 48.5 Å². The Bertz CT molecular complexity index is 651. The molecule has 0 aliphatic heterocycles. The van der Waals surface area contributed by atoms with Crippen LogP contribution in [0.15, 0.2) is 52.6 Å². The number of hydrogen-bond acceptors (Lipinski definition) is 3. The van der Waals surface area contributed by atoms with Gasteiger partial charge in [-0.2, -0.15) is 0 Å². The number of imidazole rings is 1. The molecule has 6 heteroatoms. The van der Waals surface area contributed by atoms with E-state index in [-0.39, 0.29) is 0 Å². The van der Waals surface area contributed by atoms with Crippen LogP contribution in [-0.4, -0.2) is 34.4 Å². The average molecular weight is 360 g/mol. The normalized spacial score (nSPS) is 13.1. The van der Waals surface area contributed by atoms with Gasteiger partial charge in [0, 0.05) is 42.7 Å². The van der Waals surface area contributed by atoms with E-state index in [9.17, 15) is 0 Å². The molecule has 2 rings (SSSR count). The van der Waals surface area contributed by atoms with Gasteiger partial charge in [-0.15, -0.1) is 11.8 Å². The van der Waals surface area contributed by atoms with Gasteiger partial charge in [0.25, 0.3) is 0 Å². The Hall–Kier alpha value is -1.95. The molecule has 0 saturated heterocycles. The SMILES string of the molecule is CN=C(NCc1nccn1CC(C)C)NCC(C)Sc1ccccc1. The van der Waals surface area contributed by atoms with Crippen molar-refractivity contribution in [3.8, 4) is 0 Å². The van der Waals surface area contributed by atoms with Crippen molar-refractivity contribution in [2.75, 3.05) is 13.6 Å². The van der Waals surface area contributed by atoms with Crippen molar-refractivity contribution in [1.29, 1.82) is 0 Å². The van der Waals surface area contributed by atoms with E-state index in [1.165, 1.54) is 4.90 Å². The van der Waals surface area contributed by atoms with Crippen LogP contribution in [0.5, 0.6) is 0 Å². The van der Waals surface area contributed by atoms with E-state index in [0.717, 1.165) is 24.9 Å². The minimum atomic E-state index is 0.448. The smallest absolute Gasteiger partial charge is 0.191 e. The average Bonchev–Trinajstić information content (AvgIpc) is 3.02. The van der Waals surface area contributed by atoms with Crippen LogP contribution in [0.4, 0.5) is 0 Å². The topological polar surface area (TPSA) is 54.2 Å². The van der Waals surface area contributed by atoms with Crippen molar-refractivity contribution in [1.82, 2.24) is 20.2 Å². The number of thioether (sulfide) groups is 1. The second-order valence-corrected chi connectivity index (χ2v) is 7.95. The molecule has 1 heterocycles. The molecule has 0 amide bonds. The summed E-state index contributed by atoms with van der Waals surface area (Å²) in [5, 5.41) is 7.19. The molecule has 2 aromatic rings. The Kier molecular flexibility index (Phi) is 7.85. The van der Waals surface area contributed by atoms with Gasteiger partial charge in [-0.05, 0) is 18.1 Å². The van der Waals surface area contributed by atoms with Gasteiger partial charge in [-0.1, -0.05) is 39.0 Å². The van der Waals surface area contributed by atoms with Gasteiger partial charge >= 0.3 is 0 Å². The van der Waals surface area contributed by atoms with E-state index in [0.29, 0.717) is 17.7 Å². The van der Waals surface area contributed by atoms with Crippen molar-refractivity contribution in [2.24, 2.45) is 10.9 Å². The summed E-state index contributed by atoms with van der Waals surface area (Å²) in [5.41, 5.74) is 0. The number of hydrogen-bond donors (Lipinski definition) is 2. The molecule has 1 atom stereocenters. The lowest BCUT2D eigenvalue weighted by atomic mass is 10.2. The van der Waals surface area contributed by atoms with Crippen LogP contribution in [0.3, 0.4) is 0 Å². The van der Waals surface area contributed by atoms with Crippen LogP contribution in [0, 0.1) is 5.92 Å². The van der Waals surface area contributed by atoms with Gasteiger partial charge in [0.1, 0.15) is 5.82 Å². The molecule has 5 nitrogen and oxygen atoms in total. The summed E-state index contributed by atoms with van der Waals surface area (Å²) >= 11 is 1.86. The lowest BCUT2D eigenvalue weighted by molar-refractivity contribution is 0.503. The summed E-state index contributed by atoms with van der Waals surface area (Å²) in [6.07, 6.45) is 3.89. The molecule has 1 aromatic carbocycles. The van der Waals surface area contributed by atoms with Crippen LogP contribution in [0.2, 0.25) is 0 Å². The number of guanidine groups is 1. The van der Waals surface area contributed by atoms with Crippen molar-refractivity contribution in [3.63, 3.8) is 0 Å². The summed E-state index contributed by atoms with van der Waals surface area (Å²) in [5.74, 6) is 2.43. The van der Waals surface area contributed by atoms with Gasteiger partial charge in [0.05, 0.1) is 6.54 Å². The van der Waals surface area contributed by atoms with E-state index in [1.54, 1.807) is 7.05 Å². The highest BCUT2D eigenvalue weighted by Crippen LogP contribution is 2.21. The van der Waals surface area contributed by atoms with Crippen molar-refractivity contribution >= 4 is 17.7 Å². The van der Waals surface area contributed by atoms with E-state index in [4.69, 9.17) is 0 Å². The second kappa shape index (κ2) is 10.1. The molecular formula is C19H29N5S. The number of aliphatic imine (C=N–C) groups is 1. The largest absolute Gasteiger partial charge is 0.355 e. The highest BCUT2D eigenvalue weighted by molar-refractivity contribution is 8.00. The zero-order valence-electron chi connectivity index (χ0n) is 15.6. The maximum Gasteiger partial charge on any atom is 0.191 e. The van der Waals surface area contributed by atoms with Gasteiger partial charge in [-0.25, -0.2) is 4.98 Å². The number of aromatic nitrogens is 2. The fourth-order valence-electron chi connectivity index (χ4n) is 2.46. The quantitative estimate of drug-likeness (QED) is 0.431. The first-order valence-electron chi connectivity index (χ1n) is 8.74. The summed E-state index contributed by atoms with van der Waals surface area (Å²) in [6, 6.07) is 10.5. The highest BCUT2D eigenvalue weighted by atomic mass is 32.2. The monoisotopic (exact) mass is 359 g/mol. The first kappa shape index (κ1) is 19.4. The van der Waals surface area contributed by atoms with Crippen LogP contribution >= 0.6 is 11.8 Å². The molecule has 25 heavy (non-hydrogen) atoms. The van der Waals surface area contributed by atoms with Crippen LogP contribution in [0.1, 0.15) is 26.6 Å². The Morgan fingerprint density at radius 2 is 1.96 bits per heavy atom. The van der Waals surface area contributed by atoms with Gasteiger partial charge in [0.15, 0.2) is 5.96 Å². The maximum atomic E-state index is 4.44. The molecule has 0 aliphatic carbocycles.